The van der Waals surface area contributed by atoms with Gasteiger partial charge in [-0.2, -0.15) is 0 Å². The molecule has 4 nitrogen and oxygen atoms in total. The first-order valence-corrected chi connectivity index (χ1v) is 4.34. The summed E-state index contributed by atoms with van der Waals surface area (Å²) in [6.45, 7) is 1.91. The third-order valence-electron chi connectivity index (χ3n) is 1.96. The second kappa shape index (κ2) is 4.62. The summed E-state index contributed by atoms with van der Waals surface area (Å²) in [4.78, 5) is 10.5. The third-order valence-corrected chi connectivity index (χ3v) is 1.96. The highest BCUT2D eigenvalue weighted by Gasteiger charge is 2.09. The van der Waals surface area contributed by atoms with Gasteiger partial charge >= 0.3 is 5.97 Å². The minimum Gasteiger partial charge on any atom is -0.508 e. The Balaban J connectivity index is 2.54. The maximum Gasteiger partial charge on any atom is 0.320 e. The van der Waals surface area contributed by atoms with Crippen LogP contribution in [-0.4, -0.2) is 22.2 Å². The van der Waals surface area contributed by atoms with Crippen molar-refractivity contribution in [3.05, 3.63) is 29.8 Å². The van der Waals surface area contributed by atoms with E-state index in [0.717, 1.165) is 0 Å². The monoisotopic (exact) mass is 195 g/mol. The fourth-order valence-electron chi connectivity index (χ4n) is 1.01. The highest BCUT2D eigenvalue weighted by Crippen LogP contribution is 2.14. The van der Waals surface area contributed by atoms with E-state index in [-0.39, 0.29) is 5.75 Å². The van der Waals surface area contributed by atoms with Crippen molar-refractivity contribution in [2.45, 2.75) is 19.5 Å². The molecule has 0 saturated heterocycles. The average molecular weight is 195 g/mol. The van der Waals surface area contributed by atoms with Gasteiger partial charge in [0.1, 0.15) is 11.8 Å². The van der Waals surface area contributed by atoms with Crippen molar-refractivity contribution in [2.24, 2.45) is 0 Å². The average Bonchev–Trinajstić information content (AvgIpc) is 2.16. The van der Waals surface area contributed by atoms with Crippen molar-refractivity contribution in [2.75, 3.05) is 0 Å². The number of phenols is 1. The first-order valence-electron chi connectivity index (χ1n) is 4.34. The minimum atomic E-state index is -0.902. The van der Waals surface area contributed by atoms with Gasteiger partial charge in [0.15, 0.2) is 0 Å². The number of hydrogen-bond acceptors (Lipinski definition) is 3. The quantitative estimate of drug-likeness (QED) is 0.669. The van der Waals surface area contributed by atoms with Crippen LogP contribution in [0.3, 0.4) is 0 Å². The zero-order valence-electron chi connectivity index (χ0n) is 7.90. The van der Waals surface area contributed by atoms with E-state index in [1.165, 1.54) is 0 Å². The molecule has 0 aromatic heterocycles. The maximum absolute atomic E-state index is 10.5. The van der Waals surface area contributed by atoms with E-state index >= 15 is 0 Å². The Morgan fingerprint density at radius 1 is 1.50 bits per heavy atom. The number of nitrogens with one attached hydrogen (secondary N) is 1. The lowest BCUT2D eigenvalue weighted by Crippen LogP contribution is -2.33. The number of para-hydroxylation sites is 1. The Morgan fingerprint density at radius 3 is 2.71 bits per heavy atom. The summed E-state index contributed by atoms with van der Waals surface area (Å²) in [5.74, 6) is -0.724. The minimum absolute atomic E-state index is 0.178. The zero-order valence-corrected chi connectivity index (χ0v) is 7.90. The number of carbonyl (C=O) groups is 1. The molecule has 1 unspecified atom stereocenters. The summed E-state index contributed by atoms with van der Waals surface area (Å²) in [6.07, 6.45) is 0. The van der Waals surface area contributed by atoms with Crippen LogP contribution < -0.4 is 5.32 Å². The molecule has 1 aromatic rings. The van der Waals surface area contributed by atoms with Gasteiger partial charge in [0, 0.05) is 12.1 Å². The molecule has 0 aliphatic rings. The van der Waals surface area contributed by atoms with Gasteiger partial charge in [-0.3, -0.25) is 4.79 Å². The van der Waals surface area contributed by atoms with E-state index in [4.69, 9.17) is 5.11 Å². The number of phenolic OH excluding ortho intramolecular Hbond substituents is 1. The van der Waals surface area contributed by atoms with Crippen molar-refractivity contribution in [1.29, 1.82) is 0 Å². The molecule has 0 spiro atoms. The second-order valence-corrected chi connectivity index (χ2v) is 3.07. The van der Waals surface area contributed by atoms with Crippen molar-refractivity contribution >= 4 is 5.97 Å². The van der Waals surface area contributed by atoms with Crippen LogP contribution in [0.2, 0.25) is 0 Å². The van der Waals surface area contributed by atoms with Gasteiger partial charge < -0.3 is 15.5 Å². The Labute approximate surface area is 82.2 Å². The largest absolute Gasteiger partial charge is 0.508 e. The van der Waals surface area contributed by atoms with Crippen molar-refractivity contribution in [1.82, 2.24) is 5.32 Å². The Bertz CT molecular complexity index is 325. The van der Waals surface area contributed by atoms with Crippen LogP contribution >= 0.6 is 0 Å². The van der Waals surface area contributed by atoms with Crippen molar-refractivity contribution < 1.29 is 15.0 Å². The first-order chi connectivity index (χ1) is 6.61. The molecule has 0 amide bonds. The van der Waals surface area contributed by atoms with Crippen molar-refractivity contribution in [3.8, 4) is 5.75 Å². The van der Waals surface area contributed by atoms with Gasteiger partial charge in [-0.15, -0.1) is 0 Å². The molecule has 0 radical (unpaired) electrons. The summed E-state index contributed by atoms with van der Waals surface area (Å²) >= 11 is 0. The lowest BCUT2D eigenvalue weighted by atomic mass is 10.2. The highest BCUT2D eigenvalue weighted by atomic mass is 16.4. The molecule has 4 heteroatoms. The normalized spacial score (nSPS) is 12.4. The van der Waals surface area contributed by atoms with Crippen LogP contribution in [-0.2, 0) is 11.3 Å². The molecular weight excluding hydrogens is 182 g/mol. The van der Waals surface area contributed by atoms with Crippen LogP contribution in [0.4, 0.5) is 0 Å². The molecule has 14 heavy (non-hydrogen) atoms. The molecule has 0 saturated carbocycles. The molecule has 0 aliphatic carbocycles. The number of hydrogen-bond donors (Lipinski definition) is 3. The molecule has 1 atom stereocenters. The van der Waals surface area contributed by atoms with E-state index in [0.29, 0.717) is 12.1 Å². The number of carboxylic acid groups (broad SMARTS) is 1. The number of benzene rings is 1. The standard InChI is InChI=1S/C10H13NO3/c1-7(10(13)14)11-6-8-4-2-3-5-9(8)12/h2-5,7,11-12H,6H2,1H3,(H,13,14). The number of aromatic hydroxyl groups is 1. The summed E-state index contributed by atoms with van der Waals surface area (Å²) in [5.41, 5.74) is 0.695. The van der Waals surface area contributed by atoms with Crippen LogP contribution in [0, 0.1) is 0 Å². The van der Waals surface area contributed by atoms with E-state index in [2.05, 4.69) is 5.32 Å². The predicted octanol–water partition coefficient (Wildman–Crippen LogP) is 0.955. The highest BCUT2D eigenvalue weighted by molar-refractivity contribution is 5.72. The molecule has 0 aliphatic heterocycles. The van der Waals surface area contributed by atoms with E-state index in [1.807, 2.05) is 0 Å². The molecular formula is C10H13NO3. The summed E-state index contributed by atoms with van der Waals surface area (Å²) in [7, 11) is 0. The van der Waals surface area contributed by atoms with E-state index in [1.54, 1.807) is 31.2 Å². The van der Waals surface area contributed by atoms with Gasteiger partial charge in [-0.1, -0.05) is 18.2 Å². The Hall–Kier alpha value is -1.55. The van der Waals surface area contributed by atoms with Crippen LogP contribution in [0.5, 0.6) is 5.75 Å². The number of carboxylic acids is 1. The fraction of sp³-hybridized carbons (Fsp3) is 0.300. The third kappa shape index (κ3) is 2.74. The molecule has 0 heterocycles. The first kappa shape index (κ1) is 10.5. The van der Waals surface area contributed by atoms with Gasteiger partial charge in [0.05, 0.1) is 0 Å². The fourth-order valence-corrected chi connectivity index (χ4v) is 1.01. The van der Waals surface area contributed by atoms with Crippen LogP contribution in [0.1, 0.15) is 12.5 Å². The lowest BCUT2D eigenvalue weighted by molar-refractivity contribution is -0.139. The van der Waals surface area contributed by atoms with Gasteiger partial charge in [-0.05, 0) is 13.0 Å². The molecule has 0 fully saturated rings. The number of rotatable bonds is 4. The Morgan fingerprint density at radius 2 is 2.14 bits per heavy atom. The maximum atomic E-state index is 10.5. The predicted molar refractivity (Wildman–Crippen MR) is 52.0 cm³/mol. The van der Waals surface area contributed by atoms with Gasteiger partial charge in [0.25, 0.3) is 0 Å². The van der Waals surface area contributed by atoms with E-state index < -0.39 is 12.0 Å². The van der Waals surface area contributed by atoms with E-state index in [9.17, 15) is 9.90 Å². The summed E-state index contributed by atoms with van der Waals surface area (Å²) in [6, 6.07) is 6.22. The second-order valence-electron chi connectivity index (χ2n) is 3.07. The molecule has 0 bridgehead atoms. The van der Waals surface area contributed by atoms with Gasteiger partial charge in [0.2, 0.25) is 0 Å². The van der Waals surface area contributed by atoms with Crippen LogP contribution in [0.15, 0.2) is 24.3 Å². The summed E-state index contributed by atoms with van der Waals surface area (Å²) in [5, 5.41) is 20.8. The molecule has 1 rings (SSSR count). The summed E-state index contributed by atoms with van der Waals surface area (Å²) < 4.78 is 0. The smallest absolute Gasteiger partial charge is 0.320 e. The van der Waals surface area contributed by atoms with Crippen molar-refractivity contribution in [3.63, 3.8) is 0 Å². The van der Waals surface area contributed by atoms with Crippen LogP contribution in [0.25, 0.3) is 0 Å². The number of aliphatic carboxylic acids is 1. The topological polar surface area (TPSA) is 69.6 Å². The molecule has 76 valence electrons. The lowest BCUT2D eigenvalue weighted by Gasteiger charge is -2.09. The zero-order chi connectivity index (χ0) is 10.6. The van der Waals surface area contributed by atoms with Gasteiger partial charge in [-0.25, -0.2) is 0 Å². The Kier molecular flexibility index (Phi) is 3.48. The molecule has 3 N–H and O–H groups in total. The molecule has 1 aromatic carbocycles. The SMILES string of the molecule is CC(NCc1ccccc1O)C(=O)O.